The van der Waals surface area contributed by atoms with Crippen LogP contribution in [0.2, 0.25) is 0 Å². The average Bonchev–Trinajstić information content (AvgIpc) is 2.72. The molecule has 0 amide bonds. The highest BCUT2D eigenvalue weighted by atomic mass is 16.7. The number of ether oxygens (including phenoxy) is 4. The first-order valence-electron chi connectivity index (χ1n) is 9.01. The Kier molecular flexibility index (Phi) is 7.34. The topological polar surface area (TPSA) is 77.4 Å². The predicted octanol–water partition coefficient (Wildman–Crippen LogP) is 1.88. The van der Waals surface area contributed by atoms with E-state index in [0.717, 1.165) is 11.1 Å². The molecule has 1 aliphatic rings. The van der Waals surface area contributed by atoms with E-state index >= 15 is 0 Å². The van der Waals surface area contributed by atoms with Gasteiger partial charge in [0.1, 0.15) is 24.4 Å². The molecule has 1 aliphatic heterocycles. The van der Waals surface area contributed by atoms with Crippen molar-refractivity contribution in [2.45, 2.75) is 43.9 Å². The second-order valence-electron chi connectivity index (χ2n) is 6.47. The molecule has 2 N–H and O–H groups in total. The van der Waals surface area contributed by atoms with Gasteiger partial charge in [-0.3, -0.25) is 0 Å². The van der Waals surface area contributed by atoms with Crippen LogP contribution in [-0.2, 0) is 32.2 Å². The molecule has 3 rings (SSSR count). The van der Waals surface area contributed by atoms with E-state index in [1.165, 1.54) is 7.11 Å². The first-order chi connectivity index (χ1) is 13.2. The highest BCUT2D eigenvalue weighted by Gasteiger charge is 2.47. The highest BCUT2D eigenvalue weighted by molar-refractivity contribution is 5.14. The van der Waals surface area contributed by atoms with E-state index in [1.54, 1.807) is 0 Å². The standard InChI is InChI=1S/C21H26O6/c1-24-20-19(26-14-16-10-6-3-7-11-16)18(17(12-22)27-21(20)23)25-13-15-8-4-2-5-9-15/h2-11,17-23H,12-14H2,1H3/t17-,18-,19+,20-,21+/m1/s1. The monoisotopic (exact) mass is 374 g/mol. The highest BCUT2D eigenvalue weighted by Crippen LogP contribution is 2.28. The molecule has 1 fully saturated rings. The molecule has 27 heavy (non-hydrogen) atoms. The molecule has 146 valence electrons. The van der Waals surface area contributed by atoms with Crippen molar-refractivity contribution in [1.82, 2.24) is 0 Å². The Labute approximate surface area is 159 Å². The molecule has 5 atom stereocenters. The summed E-state index contributed by atoms with van der Waals surface area (Å²) in [7, 11) is 1.49. The van der Waals surface area contributed by atoms with Gasteiger partial charge in [-0.25, -0.2) is 0 Å². The molecule has 1 saturated heterocycles. The Morgan fingerprint density at radius 3 is 1.81 bits per heavy atom. The maximum absolute atomic E-state index is 10.2. The fourth-order valence-electron chi connectivity index (χ4n) is 3.22. The first kappa shape index (κ1) is 19.9. The number of aliphatic hydroxyl groups is 2. The predicted molar refractivity (Wildman–Crippen MR) is 98.8 cm³/mol. The molecule has 6 nitrogen and oxygen atoms in total. The van der Waals surface area contributed by atoms with Gasteiger partial charge in [-0.2, -0.15) is 0 Å². The van der Waals surface area contributed by atoms with Crippen molar-refractivity contribution < 1.29 is 29.2 Å². The molecule has 0 radical (unpaired) electrons. The maximum Gasteiger partial charge on any atom is 0.184 e. The van der Waals surface area contributed by atoms with Crippen molar-refractivity contribution >= 4 is 0 Å². The number of aliphatic hydroxyl groups excluding tert-OH is 2. The second-order valence-corrected chi connectivity index (χ2v) is 6.47. The minimum Gasteiger partial charge on any atom is -0.394 e. The summed E-state index contributed by atoms with van der Waals surface area (Å²) < 4.78 is 23.0. The average molecular weight is 374 g/mol. The van der Waals surface area contributed by atoms with Gasteiger partial charge in [0.15, 0.2) is 6.29 Å². The van der Waals surface area contributed by atoms with Crippen molar-refractivity contribution in [2.75, 3.05) is 13.7 Å². The van der Waals surface area contributed by atoms with Gasteiger partial charge in [-0.15, -0.1) is 0 Å². The number of hydrogen-bond donors (Lipinski definition) is 2. The minimum atomic E-state index is -1.20. The lowest BCUT2D eigenvalue weighted by molar-refractivity contribution is -0.309. The summed E-state index contributed by atoms with van der Waals surface area (Å²) in [5.41, 5.74) is 1.99. The van der Waals surface area contributed by atoms with Gasteiger partial charge in [0, 0.05) is 7.11 Å². The molecule has 2 aromatic carbocycles. The molecule has 0 spiro atoms. The van der Waals surface area contributed by atoms with E-state index in [-0.39, 0.29) is 6.61 Å². The zero-order chi connectivity index (χ0) is 19.1. The molecule has 0 aromatic heterocycles. The second kappa shape index (κ2) is 9.94. The molecule has 0 unspecified atom stereocenters. The summed E-state index contributed by atoms with van der Waals surface area (Å²) in [6.07, 6.45) is -3.83. The number of benzene rings is 2. The van der Waals surface area contributed by atoms with Crippen molar-refractivity contribution in [1.29, 1.82) is 0 Å². The lowest BCUT2D eigenvalue weighted by Crippen LogP contribution is -2.60. The van der Waals surface area contributed by atoms with Gasteiger partial charge >= 0.3 is 0 Å². The van der Waals surface area contributed by atoms with E-state index in [4.69, 9.17) is 18.9 Å². The lowest BCUT2D eigenvalue weighted by atomic mass is 9.98. The Morgan fingerprint density at radius 2 is 1.33 bits per heavy atom. The Bertz CT molecular complexity index is 665. The quantitative estimate of drug-likeness (QED) is 0.735. The third kappa shape index (κ3) is 5.13. The van der Waals surface area contributed by atoms with Crippen LogP contribution in [0.4, 0.5) is 0 Å². The fraction of sp³-hybridized carbons (Fsp3) is 0.429. The maximum atomic E-state index is 10.2. The normalized spacial score (nSPS) is 28.2. The molecular formula is C21H26O6. The summed E-state index contributed by atoms with van der Waals surface area (Å²) in [5, 5.41) is 20.0. The Morgan fingerprint density at radius 1 is 0.815 bits per heavy atom. The summed E-state index contributed by atoms with van der Waals surface area (Å²) in [4.78, 5) is 0. The van der Waals surface area contributed by atoms with Crippen LogP contribution in [-0.4, -0.2) is 54.6 Å². The minimum absolute atomic E-state index is 0.294. The van der Waals surface area contributed by atoms with Crippen LogP contribution in [0.5, 0.6) is 0 Å². The van der Waals surface area contributed by atoms with Crippen LogP contribution in [0.15, 0.2) is 60.7 Å². The van der Waals surface area contributed by atoms with E-state index in [2.05, 4.69) is 0 Å². The zero-order valence-corrected chi connectivity index (χ0v) is 15.3. The van der Waals surface area contributed by atoms with Crippen LogP contribution in [0.25, 0.3) is 0 Å². The Balaban J connectivity index is 1.75. The van der Waals surface area contributed by atoms with E-state index in [9.17, 15) is 10.2 Å². The molecule has 2 aromatic rings. The van der Waals surface area contributed by atoms with Crippen LogP contribution in [0.1, 0.15) is 11.1 Å². The SMILES string of the molecule is CO[C@@H]1[C@@H](OCc2ccccc2)[C@H](OCc2ccccc2)[C@@H](CO)O[C@@H]1O. The molecule has 0 bridgehead atoms. The van der Waals surface area contributed by atoms with E-state index in [0.29, 0.717) is 13.2 Å². The van der Waals surface area contributed by atoms with Gasteiger partial charge in [-0.1, -0.05) is 60.7 Å². The first-order valence-corrected chi connectivity index (χ1v) is 9.01. The molecule has 0 aliphatic carbocycles. The Hall–Kier alpha value is -1.80. The van der Waals surface area contributed by atoms with Gasteiger partial charge in [0.25, 0.3) is 0 Å². The largest absolute Gasteiger partial charge is 0.394 e. The summed E-state index contributed by atoms with van der Waals surface area (Å²) >= 11 is 0. The summed E-state index contributed by atoms with van der Waals surface area (Å²) in [5.74, 6) is 0. The molecule has 0 saturated carbocycles. The molecule has 6 heteroatoms. The molecule has 1 heterocycles. The van der Waals surface area contributed by atoms with Crippen LogP contribution < -0.4 is 0 Å². The van der Waals surface area contributed by atoms with Crippen molar-refractivity contribution in [2.24, 2.45) is 0 Å². The van der Waals surface area contributed by atoms with Crippen LogP contribution in [0.3, 0.4) is 0 Å². The number of rotatable bonds is 8. The van der Waals surface area contributed by atoms with E-state index < -0.39 is 30.7 Å². The number of hydrogen-bond acceptors (Lipinski definition) is 6. The van der Waals surface area contributed by atoms with Gasteiger partial charge in [0.2, 0.25) is 0 Å². The summed E-state index contributed by atoms with van der Waals surface area (Å²) in [6, 6.07) is 19.5. The fourth-order valence-corrected chi connectivity index (χ4v) is 3.22. The smallest absolute Gasteiger partial charge is 0.184 e. The summed E-state index contributed by atoms with van der Waals surface area (Å²) in [6.45, 7) is 0.378. The van der Waals surface area contributed by atoms with Crippen molar-refractivity contribution in [3.8, 4) is 0 Å². The van der Waals surface area contributed by atoms with Crippen molar-refractivity contribution in [3.05, 3.63) is 71.8 Å². The van der Waals surface area contributed by atoms with Gasteiger partial charge in [-0.05, 0) is 11.1 Å². The third-order valence-corrected chi connectivity index (χ3v) is 4.63. The number of methoxy groups -OCH3 is 1. The van der Waals surface area contributed by atoms with Gasteiger partial charge in [0.05, 0.1) is 19.8 Å². The van der Waals surface area contributed by atoms with Crippen LogP contribution in [0, 0.1) is 0 Å². The van der Waals surface area contributed by atoms with Gasteiger partial charge < -0.3 is 29.2 Å². The molecular weight excluding hydrogens is 348 g/mol. The van der Waals surface area contributed by atoms with E-state index in [1.807, 2.05) is 60.7 Å². The third-order valence-electron chi connectivity index (χ3n) is 4.63. The zero-order valence-electron chi connectivity index (χ0n) is 15.3. The van der Waals surface area contributed by atoms with Crippen molar-refractivity contribution in [3.63, 3.8) is 0 Å². The lowest BCUT2D eigenvalue weighted by Gasteiger charge is -2.43. The van der Waals surface area contributed by atoms with Crippen LogP contribution >= 0.6 is 0 Å².